The van der Waals surface area contributed by atoms with Crippen molar-refractivity contribution < 1.29 is 18.3 Å². The molecule has 2 aliphatic heterocycles. The monoisotopic (exact) mass is 436 g/mol. The number of rotatable bonds is 2. The number of aromatic nitrogens is 2. The smallest absolute Gasteiger partial charge is 0.253 e. The molecular formula is C24H22F2N4O2. The van der Waals surface area contributed by atoms with Crippen molar-refractivity contribution in [1.82, 2.24) is 20.2 Å². The number of carbonyl (C=O) groups is 1. The second-order valence-corrected chi connectivity index (χ2v) is 9.03. The second kappa shape index (κ2) is 6.62. The van der Waals surface area contributed by atoms with E-state index in [0.717, 1.165) is 29.9 Å². The average molecular weight is 436 g/mol. The third kappa shape index (κ3) is 2.53. The molecule has 0 saturated carbocycles. The largest absolute Gasteiger partial charge is 0.494 e. The van der Waals surface area contributed by atoms with Gasteiger partial charge in [-0.2, -0.15) is 0 Å². The number of nitrogens with zero attached hydrogens (tertiary/aromatic N) is 2. The number of aryl methyl sites for hydroxylation is 1. The number of H-pyrrole nitrogens is 1. The van der Waals surface area contributed by atoms with Crippen molar-refractivity contribution in [2.24, 2.45) is 0 Å². The maximum Gasteiger partial charge on any atom is 0.253 e. The van der Waals surface area contributed by atoms with E-state index in [1.165, 1.54) is 19.2 Å². The fourth-order valence-electron chi connectivity index (χ4n) is 5.59. The van der Waals surface area contributed by atoms with Crippen LogP contribution in [-0.2, 0) is 18.3 Å². The molecule has 1 saturated heterocycles. The number of hydrogen-bond donors (Lipinski definition) is 2. The van der Waals surface area contributed by atoms with Crippen LogP contribution in [0.1, 0.15) is 27.2 Å². The highest BCUT2D eigenvalue weighted by molar-refractivity contribution is 6.01. The molecule has 6 rings (SSSR count). The van der Waals surface area contributed by atoms with E-state index in [9.17, 15) is 9.18 Å². The van der Waals surface area contributed by atoms with Gasteiger partial charge in [0.25, 0.3) is 5.91 Å². The zero-order valence-corrected chi connectivity index (χ0v) is 17.8. The lowest BCUT2D eigenvalue weighted by Crippen LogP contribution is -2.65. The van der Waals surface area contributed by atoms with Crippen LogP contribution in [0.3, 0.4) is 0 Å². The summed E-state index contributed by atoms with van der Waals surface area (Å²) in [6.07, 6.45) is 2.89. The number of methoxy groups -OCH3 is 1. The Balaban J connectivity index is 1.53. The normalized spacial score (nSPS) is 18.4. The number of likely N-dealkylation sites (N-methyl/N-ethyl adjacent to an activating group) is 1. The first-order valence-corrected chi connectivity index (χ1v) is 10.7. The van der Waals surface area contributed by atoms with Gasteiger partial charge in [0, 0.05) is 42.7 Å². The van der Waals surface area contributed by atoms with Crippen LogP contribution >= 0.6 is 0 Å². The minimum atomic E-state index is -0.576. The fourth-order valence-corrected chi connectivity index (χ4v) is 5.59. The Labute approximate surface area is 183 Å². The lowest BCUT2D eigenvalue weighted by molar-refractivity contribution is 0.0688. The molecule has 1 spiro atoms. The first-order chi connectivity index (χ1) is 15.4. The van der Waals surface area contributed by atoms with Crippen molar-refractivity contribution in [2.75, 3.05) is 33.8 Å². The van der Waals surface area contributed by atoms with Crippen molar-refractivity contribution in [1.29, 1.82) is 0 Å². The van der Waals surface area contributed by atoms with E-state index in [-0.39, 0.29) is 22.8 Å². The highest BCUT2D eigenvalue weighted by Gasteiger charge is 2.50. The fraction of sp³-hybridized carbons (Fsp3) is 0.333. The van der Waals surface area contributed by atoms with Crippen LogP contribution in [0, 0.1) is 11.6 Å². The number of hydrogen-bond acceptors (Lipinski definition) is 4. The van der Waals surface area contributed by atoms with Gasteiger partial charge in [-0.25, -0.2) is 8.78 Å². The number of nitrogens with one attached hydrogen (secondary N) is 2. The molecule has 1 aliphatic carbocycles. The molecule has 1 fully saturated rings. The Kier molecular flexibility index (Phi) is 4.02. The number of pyridine rings is 1. The van der Waals surface area contributed by atoms with Crippen molar-refractivity contribution in [2.45, 2.75) is 18.3 Å². The second-order valence-electron chi connectivity index (χ2n) is 9.03. The first-order valence-electron chi connectivity index (χ1n) is 10.7. The van der Waals surface area contributed by atoms with Gasteiger partial charge in [-0.15, -0.1) is 0 Å². The summed E-state index contributed by atoms with van der Waals surface area (Å²) in [6, 6.07) is 4.29. The molecule has 3 aromatic rings. The van der Waals surface area contributed by atoms with Crippen molar-refractivity contribution in [3.63, 3.8) is 0 Å². The van der Waals surface area contributed by atoms with E-state index in [1.54, 1.807) is 12.3 Å². The molecule has 164 valence electrons. The van der Waals surface area contributed by atoms with Crippen LogP contribution in [-0.4, -0.2) is 54.6 Å². The Morgan fingerprint density at radius 3 is 2.72 bits per heavy atom. The van der Waals surface area contributed by atoms with Gasteiger partial charge in [-0.1, -0.05) is 0 Å². The van der Waals surface area contributed by atoms with Gasteiger partial charge < -0.3 is 19.9 Å². The molecule has 4 heterocycles. The van der Waals surface area contributed by atoms with Crippen molar-refractivity contribution >= 4 is 5.91 Å². The Morgan fingerprint density at radius 2 is 2.00 bits per heavy atom. The lowest BCUT2D eigenvalue weighted by atomic mass is 9.73. The van der Waals surface area contributed by atoms with Gasteiger partial charge in [0.1, 0.15) is 5.69 Å². The van der Waals surface area contributed by atoms with E-state index < -0.39 is 11.6 Å². The summed E-state index contributed by atoms with van der Waals surface area (Å²) in [6.45, 7) is 2.24. The molecule has 1 aromatic carbocycles. The zero-order valence-electron chi connectivity index (χ0n) is 17.8. The third-order valence-electron chi connectivity index (χ3n) is 7.01. The van der Waals surface area contributed by atoms with Crippen molar-refractivity contribution in [3.8, 4) is 28.3 Å². The Bertz CT molecular complexity index is 1290. The van der Waals surface area contributed by atoms with E-state index in [2.05, 4.69) is 20.2 Å². The third-order valence-corrected chi connectivity index (χ3v) is 7.01. The summed E-state index contributed by atoms with van der Waals surface area (Å²) in [5.41, 5.74) is 4.54. The number of halogens is 2. The van der Waals surface area contributed by atoms with Crippen LogP contribution in [0.4, 0.5) is 8.78 Å². The summed E-state index contributed by atoms with van der Waals surface area (Å²) in [5, 5.41) is 3.04. The molecule has 1 amide bonds. The van der Waals surface area contributed by atoms with Crippen LogP contribution in [0.5, 0.6) is 5.75 Å². The lowest BCUT2D eigenvalue weighted by Gasteiger charge is -2.50. The molecule has 0 radical (unpaired) electrons. The van der Waals surface area contributed by atoms with Gasteiger partial charge >= 0.3 is 0 Å². The zero-order chi connectivity index (χ0) is 22.2. The quantitative estimate of drug-likeness (QED) is 0.648. The number of benzene rings is 1. The number of amides is 1. The summed E-state index contributed by atoms with van der Waals surface area (Å²) in [4.78, 5) is 22.8. The molecule has 2 aromatic heterocycles. The molecule has 6 nitrogen and oxygen atoms in total. The minimum Gasteiger partial charge on any atom is -0.494 e. The van der Waals surface area contributed by atoms with Gasteiger partial charge in [0.15, 0.2) is 17.4 Å². The van der Waals surface area contributed by atoms with Crippen LogP contribution in [0.2, 0.25) is 0 Å². The molecule has 3 aliphatic rings. The van der Waals surface area contributed by atoms with Gasteiger partial charge in [-0.05, 0) is 49.2 Å². The van der Waals surface area contributed by atoms with E-state index in [1.807, 2.05) is 7.05 Å². The predicted octanol–water partition coefficient (Wildman–Crippen LogP) is 3.06. The molecule has 2 N–H and O–H groups in total. The van der Waals surface area contributed by atoms with E-state index in [0.29, 0.717) is 41.8 Å². The SMILES string of the molecule is COc1ccc(-c2ncc3c(c2F)-c2[nH]c4c(c2CC3)C(=O)NCC42CN(C)C2)cc1F. The molecule has 0 unspecified atom stereocenters. The van der Waals surface area contributed by atoms with E-state index >= 15 is 4.39 Å². The van der Waals surface area contributed by atoms with Crippen LogP contribution in [0.25, 0.3) is 22.5 Å². The predicted molar refractivity (Wildman–Crippen MR) is 115 cm³/mol. The number of fused-ring (bicyclic) bond motifs is 6. The summed E-state index contributed by atoms with van der Waals surface area (Å²) in [7, 11) is 3.43. The van der Waals surface area contributed by atoms with Gasteiger partial charge in [0.05, 0.1) is 23.8 Å². The molecule has 0 bridgehead atoms. The van der Waals surface area contributed by atoms with Crippen LogP contribution < -0.4 is 10.1 Å². The number of aromatic amines is 1. The molecule has 0 atom stereocenters. The summed E-state index contributed by atoms with van der Waals surface area (Å²) < 4.78 is 35.1. The standard InChI is InChI=1S/C24H22F2N4O2/c1-30-10-24(11-30)9-28-23(31)18-14-5-3-13-8-27-20(12-4-6-16(32-2)15(25)7-12)19(26)17(13)21(14)29-22(18)24/h4,6-8,29H,3,5,9-11H2,1-2H3,(H,28,31). The van der Waals surface area contributed by atoms with Crippen LogP contribution in [0.15, 0.2) is 24.4 Å². The summed E-state index contributed by atoms with van der Waals surface area (Å²) >= 11 is 0. The Hall–Kier alpha value is -3.26. The van der Waals surface area contributed by atoms with Gasteiger partial charge in [0.2, 0.25) is 0 Å². The Morgan fingerprint density at radius 1 is 1.19 bits per heavy atom. The van der Waals surface area contributed by atoms with E-state index in [4.69, 9.17) is 4.74 Å². The minimum absolute atomic E-state index is 0.0771. The number of ether oxygens (including phenoxy) is 1. The number of carbonyl (C=O) groups excluding carboxylic acids is 1. The van der Waals surface area contributed by atoms with Crippen molar-refractivity contribution in [3.05, 3.63) is 58.4 Å². The topological polar surface area (TPSA) is 70.2 Å². The average Bonchev–Trinajstić information content (AvgIpc) is 3.16. The molecular weight excluding hydrogens is 414 g/mol. The highest BCUT2D eigenvalue weighted by Crippen LogP contribution is 2.45. The summed E-state index contributed by atoms with van der Waals surface area (Å²) in [5.74, 6) is -1.10. The maximum absolute atomic E-state index is 15.9. The maximum atomic E-state index is 15.9. The molecule has 32 heavy (non-hydrogen) atoms. The first kappa shape index (κ1) is 19.4. The van der Waals surface area contributed by atoms with Gasteiger partial charge in [-0.3, -0.25) is 9.78 Å². The molecule has 8 heteroatoms. The highest BCUT2D eigenvalue weighted by atomic mass is 19.1. The number of likely N-dealkylation sites (tertiary alicyclic amines) is 1.